The summed E-state index contributed by atoms with van der Waals surface area (Å²) >= 11 is 0. The van der Waals surface area contributed by atoms with E-state index in [1.54, 1.807) is 0 Å². The van der Waals surface area contributed by atoms with Crippen LogP contribution in [0.15, 0.2) is 24.3 Å². The van der Waals surface area contributed by atoms with E-state index in [9.17, 15) is 8.42 Å². The Morgan fingerprint density at radius 3 is 2.06 bits per heavy atom. The molecular weight excluding hydrogens is 234 g/mol. The summed E-state index contributed by atoms with van der Waals surface area (Å²) in [5.41, 5.74) is 2.02. The Kier molecular flexibility index (Phi) is 4.33. The van der Waals surface area contributed by atoms with Crippen molar-refractivity contribution in [1.82, 2.24) is 0 Å². The van der Waals surface area contributed by atoms with E-state index in [2.05, 4.69) is 0 Å². The van der Waals surface area contributed by atoms with Gasteiger partial charge in [-0.1, -0.05) is 29.8 Å². The first-order chi connectivity index (χ1) is 7.68. The normalized spacial score (nSPS) is 12.7. The third-order valence-corrected chi connectivity index (χ3v) is 4.16. The molecule has 0 spiro atoms. The van der Waals surface area contributed by atoms with Crippen molar-refractivity contribution in [3.8, 4) is 0 Å². The summed E-state index contributed by atoms with van der Waals surface area (Å²) in [6, 6.07) is 7.67. The van der Waals surface area contributed by atoms with Crippen LogP contribution >= 0.6 is 0 Å². The van der Waals surface area contributed by atoms with E-state index in [0.717, 1.165) is 11.1 Å². The van der Waals surface area contributed by atoms with Crippen LogP contribution in [-0.2, 0) is 15.6 Å². The third kappa shape index (κ3) is 5.84. The van der Waals surface area contributed by atoms with Gasteiger partial charge in [0, 0.05) is 0 Å². The van der Waals surface area contributed by atoms with E-state index in [1.807, 2.05) is 52.3 Å². The SMILES string of the molecule is Cc1ccc(CS(=O)(=O)CC[N+](C)(C)C)cc1. The molecular formula is C13H22NO2S+. The zero-order valence-electron chi connectivity index (χ0n) is 11.1. The van der Waals surface area contributed by atoms with Gasteiger partial charge in [0.15, 0.2) is 9.84 Å². The van der Waals surface area contributed by atoms with Crippen molar-refractivity contribution < 1.29 is 12.9 Å². The molecule has 0 atom stereocenters. The van der Waals surface area contributed by atoms with Crippen LogP contribution in [0.1, 0.15) is 11.1 Å². The topological polar surface area (TPSA) is 34.1 Å². The van der Waals surface area contributed by atoms with Crippen molar-refractivity contribution in [2.45, 2.75) is 12.7 Å². The fourth-order valence-electron chi connectivity index (χ4n) is 1.42. The highest BCUT2D eigenvalue weighted by atomic mass is 32.2. The van der Waals surface area contributed by atoms with Crippen LogP contribution in [0.5, 0.6) is 0 Å². The van der Waals surface area contributed by atoms with Gasteiger partial charge in [0.2, 0.25) is 0 Å². The van der Waals surface area contributed by atoms with E-state index in [0.29, 0.717) is 11.0 Å². The first kappa shape index (κ1) is 14.2. The second kappa shape index (κ2) is 5.19. The lowest BCUT2D eigenvalue weighted by Gasteiger charge is -2.23. The Balaban J connectivity index is 2.64. The van der Waals surface area contributed by atoms with Gasteiger partial charge in [-0.2, -0.15) is 0 Å². The van der Waals surface area contributed by atoms with E-state index in [1.165, 1.54) is 0 Å². The van der Waals surface area contributed by atoms with Gasteiger partial charge >= 0.3 is 0 Å². The van der Waals surface area contributed by atoms with Crippen LogP contribution in [0.2, 0.25) is 0 Å². The van der Waals surface area contributed by atoms with Gasteiger partial charge < -0.3 is 4.48 Å². The molecule has 0 fully saturated rings. The Labute approximate surface area is 105 Å². The number of quaternary nitrogens is 1. The molecule has 0 bridgehead atoms. The highest BCUT2D eigenvalue weighted by molar-refractivity contribution is 7.90. The van der Waals surface area contributed by atoms with Gasteiger partial charge in [0.25, 0.3) is 0 Å². The molecule has 1 aromatic carbocycles. The molecule has 0 aliphatic carbocycles. The summed E-state index contributed by atoms with van der Waals surface area (Å²) in [7, 11) is 3.01. The highest BCUT2D eigenvalue weighted by Crippen LogP contribution is 2.09. The summed E-state index contributed by atoms with van der Waals surface area (Å²) < 4.78 is 24.5. The van der Waals surface area contributed by atoms with E-state index < -0.39 is 9.84 Å². The Morgan fingerprint density at radius 2 is 1.59 bits per heavy atom. The van der Waals surface area contributed by atoms with Gasteiger partial charge in [0.1, 0.15) is 0 Å². The van der Waals surface area contributed by atoms with Crippen LogP contribution in [0.3, 0.4) is 0 Å². The van der Waals surface area contributed by atoms with E-state index in [-0.39, 0.29) is 11.5 Å². The van der Waals surface area contributed by atoms with Crippen LogP contribution in [0, 0.1) is 6.92 Å². The molecule has 17 heavy (non-hydrogen) atoms. The zero-order valence-corrected chi connectivity index (χ0v) is 11.9. The molecule has 4 heteroatoms. The van der Waals surface area contributed by atoms with Crippen LogP contribution < -0.4 is 0 Å². The summed E-state index contributed by atoms with van der Waals surface area (Å²) in [5.74, 6) is 0.387. The van der Waals surface area contributed by atoms with Crippen LogP contribution in [0.25, 0.3) is 0 Å². The molecule has 1 aromatic rings. The molecule has 0 unspecified atom stereocenters. The highest BCUT2D eigenvalue weighted by Gasteiger charge is 2.17. The van der Waals surface area contributed by atoms with E-state index in [4.69, 9.17) is 0 Å². The van der Waals surface area contributed by atoms with E-state index >= 15 is 0 Å². The lowest BCUT2D eigenvalue weighted by atomic mass is 10.2. The molecule has 0 saturated carbocycles. The fraction of sp³-hybridized carbons (Fsp3) is 0.538. The number of sulfone groups is 1. The average molecular weight is 256 g/mol. The summed E-state index contributed by atoms with van der Waals surface area (Å²) in [6.45, 7) is 2.64. The van der Waals surface area contributed by atoms with Gasteiger partial charge in [-0.05, 0) is 12.5 Å². The second-order valence-electron chi connectivity index (χ2n) is 5.59. The minimum atomic E-state index is -3.00. The summed E-state index contributed by atoms with van der Waals surface area (Å²) in [5, 5.41) is 0. The maximum absolute atomic E-state index is 11.9. The van der Waals surface area contributed by atoms with Crippen molar-refractivity contribution in [2.75, 3.05) is 33.4 Å². The maximum Gasteiger partial charge on any atom is 0.159 e. The summed E-state index contributed by atoms with van der Waals surface area (Å²) in [4.78, 5) is 0. The molecule has 0 heterocycles. The predicted octanol–water partition coefficient (Wildman–Crippen LogP) is 1.62. The largest absolute Gasteiger partial charge is 0.330 e. The van der Waals surface area contributed by atoms with Crippen molar-refractivity contribution in [1.29, 1.82) is 0 Å². The number of hydrogen-bond acceptors (Lipinski definition) is 2. The average Bonchev–Trinajstić information content (AvgIpc) is 2.18. The zero-order chi connectivity index (χ0) is 13.1. The van der Waals surface area contributed by atoms with Crippen LogP contribution in [-0.4, -0.2) is 46.3 Å². The molecule has 96 valence electrons. The molecule has 0 aliphatic heterocycles. The summed E-state index contributed by atoms with van der Waals surface area (Å²) in [6.07, 6.45) is 0. The minimum Gasteiger partial charge on any atom is -0.330 e. The van der Waals surface area contributed by atoms with Crippen molar-refractivity contribution >= 4 is 9.84 Å². The molecule has 0 amide bonds. The molecule has 0 saturated heterocycles. The minimum absolute atomic E-state index is 0.146. The molecule has 1 rings (SSSR count). The van der Waals surface area contributed by atoms with Gasteiger partial charge in [-0.25, -0.2) is 8.42 Å². The smallest absolute Gasteiger partial charge is 0.159 e. The Morgan fingerprint density at radius 1 is 1.06 bits per heavy atom. The maximum atomic E-state index is 11.9. The number of hydrogen-bond donors (Lipinski definition) is 0. The van der Waals surface area contributed by atoms with Gasteiger partial charge in [0.05, 0.1) is 39.2 Å². The van der Waals surface area contributed by atoms with Crippen molar-refractivity contribution in [2.24, 2.45) is 0 Å². The van der Waals surface area contributed by atoms with Crippen LogP contribution in [0.4, 0.5) is 0 Å². The van der Waals surface area contributed by atoms with Crippen molar-refractivity contribution in [3.63, 3.8) is 0 Å². The van der Waals surface area contributed by atoms with Gasteiger partial charge in [-0.15, -0.1) is 0 Å². The third-order valence-electron chi connectivity index (χ3n) is 2.58. The lowest BCUT2D eigenvalue weighted by Crippen LogP contribution is -2.38. The Bertz CT molecular complexity index is 455. The van der Waals surface area contributed by atoms with Gasteiger partial charge in [-0.3, -0.25) is 0 Å². The fourth-order valence-corrected chi connectivity index (χ4v) is 3.09. The van der Waals surface area contributed by atoms with Crippen molar-refractivity contribution in [3.05, 3.63) is 35.4 Å². The standard InChI is InChI=1S/C13H22NO2S/c1-12-5-7-13(8-6-12)11-17(15,16)10-9-14(2,3)4/h5-8H,9-11H2,1-4H3/q+1. The predicted molar refractivity (Wildman–Crippen MR) is 71.6 cm³/mol. The monoisotopic (exact) mass is 256 g/mol. The lowest BCUT2D eigenvalue weighted by molar-refractivity contribution is -0.867. The number of rotatable bonds is 5. The first-order valence-corrected chi connectivity index (χ1v) is 7.56. The molecule has 3 nitrogen and oxygen atoms in total. The number of nitrogens with zero attached hydrogens (tertiary/aromatic N) is 1. The first-order valence-electron chi connectivity index (χ1n) is 5.74. The Hall–Kier alpha value is -0.870. The molecule has 0 aliphatic rings. The molecule has 0 N–H and O–H groups in total. The number of benzene rings is 1. The quantitative estimate of drug-likeness (QED) is 0.750. The number of aryl methyl sites for hydroxylation is 1. The second-order valence-corrected chi connectivity index (χ2v) is 7.78. The molecule has 0 aromatic heterocycles. The molecule has 0 radical (unpaired) electrons.